The van der Waals surface area contributed by atoms with Crippen LogP contribution in [0.1, 0.15) is 19.3 Å². The van der Waals surface area contributed by atoms with Gasteiger partial charge < -0.3 is 4.18 Å². The molecule has 0 aromatic heterocycles. The van der Waals surface area contributed by atoms with Crippen LogP contribution in [0, 0.1) is 0 Å². The molecule has 1 fully saturated rings. The Kier molecular flexibility index (Phi) is 1.37. The standard InChI is InChI=1S/C4H8OS/c6-5-4-2-1-3-4/h4,6H,1-3H2. The highest BCUT2D eigenvalue weighted by Crippen LogP contribution is 2.22. The highest BCUT2D eigenvalue weighted by molar-refractivity contribution is 7.75. The van der Waals surface area contributed by atoms with Crippen LogP contribution in [-0.4, -0.2) is 6.10 Å². The molecule has 0 N–H and O–H groups in total. The maximum Gasteiger partial charge on any atom is 0.0719 e. The third kappa shape index (κ3) is 0.684. The van der Waals surface area contributed by atoms with E-state index in [0.29, 0.717) is 6.10 Å². The zero-order chi connectivity index (χ0) is 4.41. The molecule has 0 aromatic carbocycles. The van der Waals surface area contributed by atoms with Crippen LogP contribution < -0.4 is 0 Å². The van der Waals surface area contributed by atoms with Crippen LogP contribution in [0.3, 0.4) is 0 Å². The molecule has 1 aliphatic rings. The molecular formula is C4H8OS. The predicted octanol–water partition coefficient (Wildman–Crippen LogP) is 1.40. The van der Waals surface area contributed by atoms with Gasteiger partial charge in [-0.25, -0.2) is 0 Å². The van der Waals surface area contributed by atoms with Crippen molar-refractivity contribution in [2.45, 2.75) is 25.4 Å². The quantitative estimate of drug-likeness (QED) is 0.391. The molecule has 6 heavy (non-hydrogen) atoms. The van der Waals surface area contributed by atoms with Gasteiger partial charge in [-0.05, 0) is 32.2 Å². The Labute approximate surface area is 43.3 Å². The Bertz CT molecular complexity index is 40.1. The predicted molar refractivity (Wildman–Crippen MR) is 27.7 cm³/mol. The van der Waals surface area contributed by atoms with Crippen LogP contribution in [0.25, 0.3) is 0 Å². The Morgan fingerprint density at radius 1 is 1.50 bits per heavy atom. The molecule has 0 amide bonds. The zero-order valence-corrected chi connectivity index (χ0v) is 4.45. The first-order valence-corrected chi connectivity index (χ1v) is 2.60. The van der Waals surface area contributed by atoms with Crippen molar-refractivity contribution >= 4 is 12.9 Å². The van der Waals surface area contributed by atoms with Crippen molar-refractivity contribution in [3.8, 4) is 0 Å². The first-order chi connectivity index (χ1) is 2.93. The van der Waals surface area contributed by atoms with E-state index in [4.69, 9.17) is 0 Å². The molecule has 1 aliphatic carbocycles. The number of rotatable bonds is 1. The second-order valence-corrected chi connectivity index (χ2v) is 1.87. The molecule has 36 valence electrons. The molecule has 0 atom stereocenters. The molecule has 0 unspecified atom stereocenters. The Morgan fingerprint density at radius 3 is 2.17 bits per heavy atom. The lowest BCUT2D eigenvalue weighted by atomic mass is 9.97. The molecule has 1 rings (SSSR count). The minimum Gasteiger partial charge on any atom is -0.315 e. The summed E-state index contributed by atoms with van der Waals surface area (Å²) in [5, 5.41) is 0. The van der Waals surface area contributed by atoms with Crippen molar-refractivity contribution in [3.05, 3.63) is 0 Å². The van der Waals surface area contributed by atoms with Gasteiger partial charge in [0.25, 0.3) is 0 Å². The third-order valence-corrected chi connectivity index (χ3v) is 1.50. The molecule has 1 saturated carbocycles. The molecule has 0 aromatic rings. The van der Waals surface area contributed by atoms with Crippen molar-refractivity contribution < 1.29 is 4.18 Å². The van der Waals surface area contributed by atoms with Gasteiger partial charge in [0.2, 0.25) is 0 Å². The maximum atomic E-state index is 4.68. The summed E-state index contributed by atoms with van der Waals surface area (Å²) in [5.41, 5.74) is 0. The summed E-state index contributed by atoms with van der Waals surface area (Å²) in [7, 11) is 0. The minimum atomic E-state index is 0.480. The normalized spacial score (nSPS) is 23.5. The topological polar surface area (TPSA) is 9.23 Å². The SMILES string of the molecule is SOC1CCC1. The summed E-state index contributed by atoms with van der Waals surface area (Å²) < 4.78 is 4.68. The fourth-order valence-electron chi connectivity index (χ4n) is 0.476. The number of thiol groups is 1. The minimum absolute atomic E-state index is 0.480. The van der Waals surface area contributed by atoms with Gasteiger partial charge in [-0.1, -0.05) is 0 Å². The van der Waals surface area contributed by atoms with Gasteiger partial charge >= 0.3 is 0 Å². The largest absolute Gasteiger partial charge is 0.315 e. The van der Waals surface area contributed by atoms with E-state index in [9.17, 15) is 0 Å². The second kappa shape index (κ2) is 1.85. The van der Waals surface area contributed by atoms with Crippen molar-refractivity contribution in [3.63, 3.8) is 0 Å². The lowest BCUT2D eigenvalue weighted by molar-refractivity contribution is 0.151. The van der Waals surface area contributed by atoms with E-state index in [1.165, 1.54) is 19.3 Å². The summed E-state index contributed by atoms with van der Waals surface area (Å²) in [6, 6.07) is 0. The first-order valence-electron chi connectivity index (χ1n) is 2.23. The van der Waals surface area contributed by atoms with Crippen molar-refractivity contribution in [1.29, 1.82) is 0 Å². The highest BCUT2D eigenvalue weighted by atomic mass is 32.1. The Morgan fingerprint density at radius 2 is 2.17 bits per heavy atom. The van der Waals surface area contributed by atoms with E-state index < -0.39 is 0 Å². The zero-order valence-electron chi connectivity index (χ0n) is 3.55. The Balaban J connectivity index is 2.01. The average molecular weight is 104 g/mol. The Hall–Kier alpha value is 0.310. The molecule has 0 bridgehead atoms. The molecule has 0 radical (unpaired) electrons. The van der Waals surface area contributed by atoms with Gasteiger partial charge in [0.05, 0.1) is 6.10 Å². The van der Waals surface area contributed by atoms with Gasteiger partial charge in [0.1, 0.15) is 0 Å². The summed E-state index contributed by atoms with van der Waals surface area (Å²) in [6.07, 6.45) is 4.23. The molecule has 1 nitrogen and oxygen atoms in total. The van der Waals surface area contributed by atoms with Crippen LogP contribution in [0.4, 0.5) is 0 Å². The van der Waals surface area contributed by atoms with Crippen molar-refractivity contribution in [1.82, 2.24) is 0 Å². The lowest BCUT2D eigenvalue weighted by Gasteiger charge is -2.21. The fourth-order valence-corrected chi connectivity index (χ4v) is 0.687. The monoisotopic (exact) mass is 104 g/mol. The van der Waals surface area contributed by atoms with Gasteiger partial charge in [0.15, 0.2) is 0 Å². The molecule has 0 heterocycles. The van der Waals surface area contributed by atoms with Gasteiger partial charge in [-0.3, -0.25) is 0 Å². The number of hydrogen-bond acceptors (Lipinski definition) is 2. The lowest BCUT2D eigenvalue weighted by Crippen LogP contribution is -2.16. The van der Waals surface area contributed by atoms with Gasteiger partial charge in [0, 0.05) is 0 Å². The number of hydrogen-bond donors (Lipinski definition) is 1. The van der Waals surface area contributed by atoms with E-state index in [0.717, 1.165) is 0 Å². The van der Waals surface area contributed by atoms with E-state index in [-0.39, 0.29) is 0 Å². The summed E-state index contributed by atoms with van der Waals surface area (Å²) in [5.74, 6) is 0. The molecule has 2 heteroatoms. The summed E-state index contributed by atoms with van der Waals surface area (Å²) >= 11 is 3.65. The van der Waals surface area contributed by atoms with Crippen LogP contribution in [0.15, 0.2) is 0 Å². The molecule has 0 spiro atoms. The smallest absolute Gasteiger partial charge is 0.0719 e. The fraction of sp³-hybridized carbons (Fsp3) is 1.00. The van der Waals surface area contributed by atoms with E-state index >= 15 is 0 Å². The van der Waals surface area contributed by atoms with Crippen molar-refractivity contribution in [2.24, 2.45) is 0 Å². The van der Waals surface area contributed by atoms with Crippen LogP contribution in [0.5, 0.6) is 0 Å². The highest BCUT2D eigenvalue weighted by Gasteiger charge is 2.15. The third-order valence-electron chi connectivity index (χ3n) is 1.20. The molecular weight excluding hydrogens is 96.1 g/mol. The second-order valence-electron chi connectivity index (χ2n) is 1.66. The van der Waals surface area contributed by atoms with Gasteiger partial charge in [-0.15, -0.1) is 0 Å². The van der Waals surface area contributed by atoms with Crippen LogP contribution in [0.2, 0.25) is 0 Å². The van der Waals surface area contributed by atoms with E-state index in [1.54, 1.807) is 0 Å². The summed E-state index contributed by atoms with van der Waals surface area (Å²) in [4.78, 5) is 0. The maximum absolute atomic E-state index is 4.68. The van der Waals surface area contributed by atoms with Gasteiger partial charge in [-0.2, -0.15) is 0 Å². The molecule has 0 saturated heterocycles. The summed E-state index contributed by atoms with van der Waals surface area (Å²) in [6.45, 7) is 0. The van der Waals surface area contributed by atoms with E-state index in [2.05, 4.69) is 17.1 Å². The first kappa shape index (κ1) is 4.47. The van der Waals surface area contributed by atoms with Crippen LogP contribution >= 0.6 is 12.9 Å². The molecule has 0 aliphatic heterocycles. The average Bonchev–Trinajstić information content (AvgIpc) is 1.31. The van der Waals surface area contributed by atoms with Crippen molar-refractivity contribution in [2.75, 3.05) is 0 Å². The van der Waals surface area contributed by atoms with E-state index in [1.807, 2.05) is 0 Å². The van der Waals surface area contributed by atoms with Crippen LogP contribution in [-0.2, 0) is 4.18 Å².